The van der Waals surface area contributed by atoms with E-state index in [-0.39, 0.29) is 11.3 Å². The summed E-state index contributed by atoms with van der Waals surface area (Å²) in [7, 11) is 3.98. The van der Waals surface area contributed by atoms with Crippen molar-refractivity contribution in [1.82, 2.24) is 4.90 Å². The largest absolute Gasteiger partial charge is 0.507 e. The zero-order valence-electron chi connectivity index (χ0n) is 17.1. The zero-order valence-corrected chi connectivity index (χ0v) is 17.9. The number of amides is 1. The molecule has 0 radical (unpaired) electrons. The molecule has 3 rings (SSSR count). The third kappa shape index (κ3) is 4.21. The number of ketones is 1. The van der Waals surface area contributed by atoms with Crippen molar-refractivity contribution in [1.29, 1.82) is 0 Å². The molecule has 1 saturated heterocycles. The number of rotatable bonds is 5. The Balaban J connectivity index is 2.19. The van der Waals surface area contributed by atoms with Gasteiger partial charge in [0.25, 0.3) is 11.7 Å². The van der Waals surface area contributed by atoms with Gasteiger partial charge in [0, 0.05) is 10.6 Å². The Morgan fingerprint density at radius 1 is 1.10 bits per heavy atom. The molecule has 0 unspecified atom stereocenters. The fourth-order valence-electron chi connectivity index (χ4n) is 3.58. The standard InChI is InChI=1S/C23H25ClN2O3/c1-14-5-6-15(2)18(13-14)21(27)19-20(16-7-9-17(24)10-8-16)26(12-11-25(3)4)23(29)22(19)28/h5-10,13,20,27H,11-12H2,1-4H3/p+1/t20-/m0/s1. The maximum Gasteiger partial charge on any atom is 0.295 e. The SMILES string of the molecule is Cc1ccc(C)c(C(O)=C2C(=O)C(=O)N(CC[NH+](C)C)[C@H]2c2ccc(Cl)cc2)c1. The number of likely N-dealkylation sites (N-methyl/N-ethyl adjacent to an activating group) is 1. The van der Waals surface area contributed by atoms with Gasteiger partial charge in [-0.05, 0) is 43.2 Å². The van der Waals surface area contributed by atoms with E-state index in [9.17, 15) is 14.7 Å². The number of likely N-dealkylation sites (tertiary alicyclic amines) is 1. The summed E-state index contributed by atoms with van der Waals surface area (Å²) >= 11 is 6.04. The van der Waals surface area contributed by atoms with Gasteiger partial charge >= 0.3 is 0 Å². The Morgan fingerprint density at radius 3 is 2.38 bits per heavy atom. The highest BCUT2D eigenvalue weighted by molar-refractivity contribution is 6.46. The van der Waals surface area contributed by atoms with Gasteiger partial charge < -0.3 is 14.9 Å². The summed E-state index contributed by atoms with van der Waals surface area (Å²) in [6.45, 7) is 4.88. The van der Waals surface area contributed by atoms with Crippen LogP contribution in [0.3, 0.4) is 0 Å². The number of aryl methyl sites for hydroxylation is 2. The van der Waals surface area contributed by atoms with Gasteiger partial charge in [-0.2, -0.15) is 0 Å². The Bertz CT molecular complexity index is 980. The molecule has 1 aliphatic heterocycles. The quantitative estimate of drug-likeness (QED) is 0.450. The van der Waals surface area contributed by atoms with E-state index >= 15 is 0 Å². The third-order valence-electron chi connectivity index (χ3n) is 5.23. The number of carbonyl (C=O) groups is 2. The topological polar surface area (TPSA) is 62.0 Å². The Hall–Kier alpha value is -2.63. The third-order valence-corrected chi connectivity index (χ3v) is 5.48. The monoisotopic (exact) mass is 413 g/mol. The zero-order chi connectivity index (χ0) is 21.3. The molecule has 0 bridgehead atoms. The lowest BCUT2D eigenvalue weighted by Crippen LogP contribution is -3.06. The van der Waals surface area contributed by atoms with Crippen LogP contribution in [0, 0.1) is 13.8 Å². The number of aliphatic hydroxyl groups excluding tert-OH is 1. The minimum atomic E-state index is -0.655. The summed E-state index contributed by atoms with van der Waals surface area (Å²) in [4.78, 5) is 28.6. The molecule has 1 aliphatic rings. The van der Waals surface area contributed by atoms with E-state index in [0.29, 0.717) is 23.7 Å². The Labute approximate surface area is 176 Å². The average molecular weight is 414 g/mol. The van der Waals surface area contributed by atoms with Crippen LogP contribution in [0.5, 0.6) is 0 Å². The molecular formula is C23H26ClN2O3+. The molecule has 1 heterocycles. The number of carbonyl (C=O) groups excluding carboxylic acids is 2. The number of hydrogen-bond donors (Lipinski definition) is 2. The number of quaternary nitrogens is 1. The van der Waals surface area contributed by atoms with E-state index in [1.54, 1.807) is 29.2 Å². The molecule has 2 aromatic rings. The van der Waals surface area contributed by atoms with E-state index in [1.807, 2.05) is 46.1 Å². The van der Waals surface area contributed by atoms with Crippen molar-refractivity contribution in [2.45, 2.75) is 19.9 Å². The van der Waals surface area contributed by atoms with Crippen LogP contribution < -0.4 is 4.90 Å². The first-order chi connectivity index (χ1) is 13.7. The molecule has 1 atom stereocenters. The minimum absolute atomic E-state index is 0.125. The molecule has 0 aliphatic carbocycles. The van der Waals surface area contributed by atoms with Gasteiger partial charge in [-0.15, -0.1) is 0 Å². The molecule has 0 saturated carbocycles. The molecule has 1 amide bonds. The summed E-state index contributed by atoms with van der Waals surface area (Å²) in [6, 6.07) is 12.1. The number of hydrogen-bond acceptors (Lipinski definition) is 3. The molecule has 2 aromatic carbocycles. The molecule has 0 aromatic heterocycles. The maximum atomic E-state index is 13.0. The molecule has 0 spiro atoms. The summed E-state index contributed by atoms with van der Waals surface area (Å²) in [5.41, 5.74) is 3.24. The second-order valence-electron chi connectivity index (χ2n) is 7.82. The lowest BCUT2D eigenvalue weighted by molar-refractivity contribution is -0.857. The summed E-state index contributed by atoms with van der Waals surface area (Å²) < 4.78 is 0. The maximum absolute atomic E-state index is 13.0. The Morgan fingerprint density at radius 2 is 1.76 bits per heavy atom. The van der Waals surface area contributed by atoms with Crippen LogP contribution in [0.25, 0.3) is 5.76 Å². The highest BCUT2D eigenvalue weighted by Crippen LogP contribution is 2.39. The van der Waals surface area contributed by atoms with E-state index in [0.717, 1.165) is 21.6 Å². The predicted molar refractivity (Wildman–Crippen MR) is 114 cm³/mol. The molecule has 5 nitrogen and oxygen atoms in total. The molecule has 6 heteroatoms. The highest BCUT2D eigenvalue weighted by Gasteiger charge is 2.46. The van der Waals surface area contributed by atoms with Crippen LogP contribution in [0.1, 0.15) is 28.3 Å². The van der Waals surface area contributed by atoms with Gasteiger partial charge in [-0.25, -0.2) is 0 Å². The van der Waals surface area contributed by atoms with Gasteiger partial charge in [0.1, 0.15) is 5.76 Å². The van der Waals surface area contributed by atoms with Crippen molar-refractivity contribution >= 4 is 29.1 Å². The predicted octanol–water partition coefficient (Wildman–Crippen LogP) is 2.52. The van der Waals surface area contributed by atoms with Crippen LogP contribution >= 0.6 is 11.6 Å². The molecular weight excluding hydrogens is 388 g/mol. The van der Waals surface area contributed by atoms with E-state index in [2.05, 4.69) is 0 Å². The van der Waals surface area contributed by atoms with Crippen molar-refractivity contribution in [3.05, 3.63) is 75.3 Å². The van der Waals surface area contributed by atoms with Gasteiger partial charge in [0.15, 0.2) is 0 Å². The van der Waals surface area contributed by atoms with Crippen LogP contribution in [0.4, 0.5) is 0 Å². The van der Waals surface area contributed by atoms with Crippen molar-refractivity contribution in [3.63, 3.8) is 0 Å². The summed E-state index contributed by atoms with van der Waals surface area (Å²) in [5.74, 6) is -1.38. The van der Waals surface area contributed by atoms with Crippen LogP contribution in [0.2, 0.25) is 5.02 Å². The summed E-state index contributed by atoms with van der Waals surface area (Å²) in [5, 5.41) is 11.7. The minimum Gasteiger partial charge on any atom is -0.507 e. The van der Waals surface area contributed by atoms with Crippen molar-refractivity contribution in [2.24, 2.45) is 0 Å². The molecule has 2 N–H and O–H groups in total. The van der Waals surface area contributed by atoms with Gasteiger partial charge in [0.05, 0.1) is 38.8 Å². The number of benzene rings is 2. The molecule has 29 heavy (non-hydrogen) atoms. The smallest absolute Gasteiger partial charge is 0.295 e. The fourth-order valence-corrected chi connectivity index (χ4v) is 3.71. The second kappa shape index (κ2) is 8.39. The number of halogens is 1. The van der Waals surface area contributed by atoms with Crippen LogP contribution in [-0.4, -0.2) is 48.9 Å². The lowest BCUT2D eigenvalue weighted by atomic mass is 9.93. The first kappa shape index (κ1) is 21.1. The van der Waals surface area contributed by atoms with Crippen molar-refractivity contribution in [3.8, 4) is 0 Å². The lowest BCUT2D eigenvalue weighted by Gasteiger charge is -2.25. The van der Waals surface area contributed by atoms with Crippen molar-refractivity contribution in [2.75, 3.05) is 27.2 Å². The number of nitrogens with one attached hydrogen (secondary N) is 1. The van der Waals surface area contributed by atoms with Crippen LogP contribution in [-0.2, 0) is 9.59 Å². The summed E-state index contributed by atoms with van der Waals surface area (Å²) in [6.07, 6.45) is 0. The van der Waals surface area contributed by atoms with E-state index in [4.69, 9.17) is 11.6 Å². The van der Waals surface area contributed by atoms with Gasteiger partial charge in [-0.3, -0.25) is 9.59 Å². The highest BCUT2D eigenvalue weighted by atomic mass is 35.5. The van der Waals surface area contributed by atoms with E-state index < -0.39 is 17.7 Å². The Kier molecular flexibility index (Phi) is 6.10. The second-order valence-corrected chi connectivity index (χ2v) is 8.26. The van der Waals surface area contributed by atoms with E-state index in [1.165, 1.54) is 0 Å². The van der Waals surface area contributed by atoms with Crippen LogP contribution in [0.15, 0.2) is 48.0 Å². The first-order valence-electron chi connectivity index (χ1n) is 9.61. The van der Waals surface area contributed by atoms with Gasteiger partial charge in [0.2, 0.25) is 0 Å². The number of nitrogens with zero attached hydrogens (tertiary/aromatic N) is 1. The molecule has 152 valence electrons. The molecule has 1 fully saturated rings. The number of aliphatic hydroxyl groups is 1. The van der Waals surface area contributed by atoms with Crippen molar-refractivity contribution < 1.29 is 19.6 Å². The first-order valence-corrected chi connectivity index (χ1v) is 9.99. The van der Waals surface area contributed by atoms with Gasteiger partial charge in [-0.1, -0.05) is 41.4 Å². The fraction of sp³-hybridized carbons (Fsp3) is 0.304. The number of Topliss-reactive ketones (excluding diaryl/α,β-unsaturated/α-hetero) is 1. The normalized spacial score (nSPS) is 18.7. The average Bonchev–Trinajstić information content (AvgIpc) is 2.93.